The molecule has 0 saturated heterocycles. The molecule has 0 saturated carbocycles. The van der Waals surface area contributed by atoms with Crippen molar-refractivity contribution in [2.75, 3.05) is 6.26 Å². The molecule has 1 aliphatic rings. The minimum Gasteiger partial charge on any atom is -0.239 e. The molecule has 0 amide bonds. The summed E-state index contributed by atoms with van der Waals surface area (Å²) in [5, 5.41) is 8.30. The fraction of sp³-hybridized carbons (Fsp3) is 0.267. The second-order valence-corrected chi connectivity index (χ2v) is 7.75. The van der Waals surface area contributed by atoms with E-state index >= 15 is 0 Å². The predicted octanol–water partition coefficient (Wildman–Crippen LogP) is 1.87. The fourth-order valence-corrected chi connectivity index (χ4v) is 3.35. The SMILES string of the molecule is CS(=O)(=O)c1cnn(-c2nc3n(n2)[C@H](c2ccccc2)C[C@@H]3F)c1. The molecule has 2 aromatic heterocycles. The van der Waals surface area contributed by atoms with E-state index in [0.717, 1.165) is 11.8 Å². The maximum atomic E-state index is 14.3. The molecule has 0 fully saturated rings. The first kappa shape index (κ1) is 15.0. The summed E-state index contributed by atoms with van der Waals surface area (Å²) in [6.45, 7) is 0. The number of hydrogen-bond acceptors (Lipinski definition) is 5. The van der Waals surface area contributed by atoms with E-state index in [0.29, 0.717) is 0 Å². The average Bonchev–Trinajstić information content (AvgIpc) is 3.23. The lowest BCUT2D eigenvalue weighted by Gasteiger charge is -2.11. The Morgan fingerprint density at radius 3 is 2.67 bits per heavy atom. The Morgan fingerprint density at radius 1 is 1.25 bits per heavy atom. The molecule has 9 heteroatoms. The highest BCUT2D eigenvalue weighted by Crippen LogP contribution is 2.39. The zero-order valence-corrected chi connectivity index (χ0v) is 13.6. The number of nitrogens with zero attached hydrogens (tertiary/aromatic N) is 5. The van der Waals surface area contributed by atoms with Crippen molar-refractivity contribution in [1.29, 1.82) is 0 Å². The second-order valence-electron chi connectivity index (χ2n) is 5.74. The molecule has 0 spiro atoms. The van der Waals surface area contributed by atoms with Crippen LogP contribution in [0, 0.1) is 0 Å². The number of rotatable bonds is 3. The van der Waals surface area contributed by atoms with Gasteiger partial charge in [-0.05, 0) is 5.56 Å². The van der Waals surface area contributed by atoms with Crippen molar-refractivity contribution < 1.29 is 12.8 Å². The van der Waals surface area contributed by atoms with Gasteiger partial charge < -0.3 is 0 Å². The number of benzene rings is 1. The van der Waals surface area contributed by atoms with E-state index in [4.69, 9.17) is 0 Å². The minimum absolute atomic E-state index is 0.0638. The molecule has 3 aromatic rings. The van der Waals surface area contributed by atoms with E-state index in [-0.39, 0.29) is 29.1 Å². The van der Waals surface area contributed by atoms with E-state index in [1.54, 1.807) is 4.68 Å². The van der Waals surface area contributed by atoms with Gasteiger partial charge in [-0.25, -0.2) is 22.2 Å². The molecule has 4 rings (SSSR count). The number of alkyl halides is 1. The molecule has 7 nitrogen and oxygen atoms in total. The van der Waals surface area contributed by atoms with Crippen molar-refractivity contribution in [1.82, 2.24) is 24.5 Å². The zero-order chi connectivity index (χ0) is 16.9. The van der Waals surface area contributed by atoms with Gasteiger partial charge in [-0.15, -0.1) is 5.10 Å². The van der Waals surface area contributed by atoms with Crippen LogP contribution in [0.5, 0.6) is 0 Å². The first-order chi connectivity index (χ1) is 11.4. The third kappa shape index (κ3) is 2.41. The van der Waals surface area contributed by atoms with Gasteiger partial charge in [0.05, 0.1) is 18.4 Å². The first-order valence-corrected chi connectivity index (χ1v) is 9.23. The van der Waals surface area contributed by atoms with Gasteiger partial charge in [0, 0.05) is 12.7 Å². The number of aromatic nitrogens is 5. The van der Waals surface area contributed by atoms with Crippen LogP contribution in [-0.2, 0) is 9.84 Å². The maximum absolute atomic E-state index is 14.3. The summed E-state index contributed by atoms with van der Waals surface area (Å²) in [6, 6.07) is 9.29. The molecule has 24 heavy (non-hydrogen) atoms. The summed E-state index contributed by atoms with van der Waals surface area (Å²) in [4.78, 5) is 4.26. The van der Waals surface area contributed by atoms with Crippen molar-refractivity contribution >= 4 is 9.84 Å². The molecule has 0 unspecified atom stereocenters. The van der Waals surface area contributed by atoms with Gasteiger partial charge >= 0.3 is 0 Å². The van der Waals surface area contributed by atoms with Crippen LogP contribution < -0.4 is 0 Å². The molecule has 124 valence electrons. The molecule has 1 aromatic carbocycles. The highest BCUT2D eigenvalue weighted by Gasteiger charge is 2.35. The lowest BCUT2D eigenvalue weighted by Crippen LogP contribution is -2.08. The highest BCUT2D eigenvalue weighted by molar-refractivity contribution is 7.90. The van der Waals surface area contributed by atoms with E-state index in [1.165, 1.54) is 17.1 Å². The van der Waals surface area contributed by atoms with Gasteiger partial charge in [0.1, 0.15) is 4.90 Å². The van der Waals surface area contributed by atoms with Crippen LogP contribution in [0.4, 0.5) is 4.39 Å². The Hall–Kier alpha value is -2.55. The van der Waals surface area contributed by atoms with E-state index < -0.39 is 16.0 Å². The molecule has 0 bridgehead atoms. The van der Waals surface area contributed by atoms with E-state index in [1.807, 2.05) is 30.3 Å². The van der Waals surface area contributed by atoms with Gasteiger partial charge in [-0.2, -0.15) is 10.1 Å². The van der Waals surface area contributed by atoms with Crippen molar-refractivity contribution in [3.8, 4) is 5.95 Å². The molecule has 1 aliphatic heterocycles. The number of sulfone groups is 1. The van der Waals surface area contributed by atoms with Gasteiger partial charge in [0.25, 0.3) is 5.95 Å². The minimum atomic E-state index is -3.37. The summed E-state index contributed by atoms with van der Waals surface area (Å²) in [5.74, 6) is 0.387. The van der Waals surface area contributed by atoms with Crippen LogP contribution in [-0.4, -0.2) is 39.2 Å². The van der Waals surface area contributed by atoms with Crippen molar-refractivity contribution in [2.24, 2.45) is 0 Å². The molecule has 2 atom stereocenters. The first-order valence-electron chi connectivity index (χ1n) is 7.34. The fourth-order valence-electron chi connectivity index (χ4n) is 2.82. The third-order valence-corrected chi connectivity index (χ3v) is 5.10. The quantitative estimate of drug-likeness (QED) is 0.722. The molecule has 3 heterocycles. The number of halogens is 1. The van der Waals surface area contributed by atoms with Crippen LogP contribution in [0.15, 0.2) is 47.6 Å². The second kappa shape index (κ2) is 5.23. The van der Waals surface area contributed by atoms with Crippen molar-refractivity contribution in [3.05, 3.63) is 54.1 Å². The maximum Gasteiger partial charge on any atom is 0.269 e. The molecule has 0 N–H and O–H groups in total. The molecular formula is C15H14FN5O2S. The number of fused-ring (bicyclic) bond motifs is 1. The lowest BCUT2D eigenvalue weighted by atomic mass is 10.0. The van der Waals surface area contributed by atoms with Gasteiger partial charge in [0.15, 0.2) is 21.8 Å². The Morgan fingerprint density at radius 2 is 2.00 bits per heavy atom. The summed E-state index contributed by atoms with van der Waals surface area (Å²) in [6.07, 6.45) is 2.71. The monoisotopic (exact) mass is 347 g/mol. The molecule has 0 aliphatic carbocycles. The Kier molecular flexibility index (Phi) is 3.27. The topological polar surface area (TPSA) is 82.7 Å². The van der Waals surface area contributed by atoms with Crippen LogP contribution in [0.2, 0.25) is 0 Å². The molecular weight excluding hydrogens is 333 g/mol. The standard InChI is InChI=1S/C15H14FN5O2S/c1-24(22,23)11-8-17-20(9-11)15-18-14-12(16)7-13(21(14)19-15)10-5-3-2-4-6-10/h2-6,8-9,12-13H,7H2,1H3/t12-,13-/m0/s1. The highest BCUT2D eigenvalue weighted by atomic mass is 32.2. The van der Waals surface area contributed by atoms with Crippen LogP contribution in [0.25, 0.3) is 5.95 Å². The van der Waals surface area contributed by atoms with Gasteiger partial charge in [-0.1, -0.05) is 30.3 Å². The normalized spacial score (nSPS) is 20.2. The summed E-state index contributed by atoms with van der Waals surface area (Å²) in [5.41, 5.74) is 0.952. The zero-order valence-electron chi connectivity index (χ0n) is 12.7. The predicted molar refractivity (Wildman–Crippen MR) is 83.3 cm³/mol. The smallest absolute Gasteiger partial charge is 0.239 e. The Balaban J connectivity index is 1.75. The van der Waals surface area contributed by atoms with E-state index in [9.17, 15) is 12.8 Å². The number of hydrogen-bond donors (Lipinski definition) is 0. The van der Waals surface area contributed by atoms with Crippen molar-refractivity contribution in [2.45, 2.75) is 23.5 Å². The van der Waals surface area contributed by atoms with E-state index in [2.05, 4.69) is 15.2 Å². The van der Waals surface area contributed by atoms with Crippen molar-refractivity contribution in [3.63, 3.8) is 0 Å². The van der Waals surface area contributed by atoms with Gasteiger partial charge in [-0.3, -0.25) is 0 Å². The van der Waals surface area contributed by atoms with Crippen LogP contribution in [0.3, 0.4) is 0 Å². The average molecular weight is 347 g/mol. The Labute approximate surface area is 137 Å². The molecule has 0 radical (unpaired) electrons. The van der Waals surface area contributed by atoms with Crippen LogP contribution in [0.1, 0.15) is 30.0 Å². The summed E-state index contributed by atoms with van der Waals surface area (Å²) >= 11 is 0. The summed E-state index contributed by atoms with van der Waals surface area (Å²) in [7, 11) is -3.37. The van der Waals surface area contributed by atoms with Crippen LogP contribution >= 0.6 is 0 Å². The van der Waals surface area contributed by atoms with Gasteiger partial charge in [0.2, 0.25) is 0 Å². The Bertz CT molecular complexity index is 996. The summed E-state index contributed by atoms with van der Waals surface area (Å²) < 4.78 is 40.2. The lowest BCUT2D eigenvalue weighted by molar-refractivity contribution is 0.328. The third-order valence-electron chi connectivity index (χ3n) is 4.03. The largest absolute Gasteiger partial charge is 0.269 e.